The van der Waals surface area contributed by atoms with E-state index >= 15 is 0 Å². The third kappa shape index (κ3) is 6.72. The van der Waals surface area contributed by atoms with Crippen molar-refractivity contribution in [2.75, 3.05) is 0 Å². The van der Waals surface area contributed by atoms with E-state index in [-0.39, 0.29) is 5.41 Å². The topological polar surface area (TPSA) is 54.4 Å². The summed E-state index contributed by atoms with van der Waals surface area (Å²) in [6.07, 6.45) is 0. The molecule has 5 heteroatoms. The molecule has 0 radical (unpaired) electrons. The summed E-state index contributed by atoms with van der Waals surface area (Å²) in [5, 5.41) is 0. The number of rotatable bonds is 7. The highest BCUT2D eigenvalue weighted by Crippen LogP contribution is 2.41. The van der Waals surface area contributed by atoms with Gasteiger partial charge in [0.25, 0.3) is 10.1 Å². The molecule has 0 aliphatic rings. The fourth-order valence-electron chi connectivity index (χ4n) is 3.54. The Hall–Kier alpha value is -0.913. The maximum Gasteiger partial charge on any atom is 0.286 e. The minimum absolute atomic E-state index is 0.341. The molecule has 0 saturated heterocycles. The van der Waals surface area contributed by atoms with Gasteiger partial charge in [-0.3, -0.25) is 4.55 Å². The Morgan fingerprint density at radius 1 is 1.00 bits per heavy atom. The molecule has 25 heavy (non-hydrogen) atoms. The van der Waals surface area contributed by atoms with Crippen LogP contribution in [0.5, 0.6) is 0 Å². The van der Waals surface area contributed by atoms with Gasteiger partial charge < -0.3 is 0 Å². The number of benzene rings is 1. The van der Waals surface area contributed by atoms with Crippen LogP contribution in [0.15, 0.2) is 34.9 Å². The first-order valence-corrected chi connectivity index (χ1v) is 12.8. The van der Waals surface area contributed by atoms with E-state index in [0.29, 0.717) is 16.4 Å². The minimum Gasteiger partial charge on any atom is -0.282 e. The molecule has 0 heterocycles. The molecule has 0 fully saturated rings. The second-order valence-electron chi connectivity index (χ2n) is 8.79. The van der Waals surface area contributed by atoms with Crippen LogP contribution in [0, 0.1) is 17.3 Å². The van der Waals surface area contributed by atoms with Crippen LogP contribution in [0.25, 0.3) is 5.57 Å². The third-order valence-corrected chi connectivity index (χ3v) is 10.9. The predicted octanol–water partition coefficient (Wildman–Crippen LogP) is 5.41. The average Bonchev–Trinajstić information content (AvgIpc) is 2.41. The molecule has 0 atom stereocenters. The smallest absolute Gasteiger partial charge is 0.282 e. The monoisotopic (exact) mass is 382 g/mol. The van der Waals surface area contributed by atoms with E-state index in [2.05, 4.69) is 27.7 Å². The lowest BCUT2D eigenvalue weighted by atomic mass is 9.83. The van der Waals surface area contributed by atoms with Crippen LogP contribution in [0.1, 0.15) is 54.0 Å². The summed E-state index contributed by atoms with van der Waals surface area (Å²) >= 11 is 0. The summed E-state index contributed by atoms with van der Waals surface area (Å²) in [7, 11) is -6.12. The van der Waals surface area contributed by atoms with Crippen LogP contribution >= 0.6 is 0 Å². The molecule has 0 bridgehead atoms. The third-order valence-electron chi connectivity index (χ3n) is 4.22. The molecule has 1 N–H and O–H groups in total. The molecular formula is C20H34O3SSi. The van der Waals surface area contributed by atoms with Crippen molar-refractivity contribution in [2.24, 2.45) is 17.3 Å². The van der Waals surface area contributed by atoms with E-state index in [0.717, 1.165) is 23.2 Å². The maximum atomic E-state index is 12.5. The Morgan fingerprint density at radius 2 is 1.44 bits per heavy atom. The van der Waals surface area contributed by atoms with Gasteiger partial charge in [-0.2, -0.15) is 8.42 Å². The lowest BCUT2D eigenvalue weighted by Gasteiger charge is -2.31. The number of allylic oxidation sites excluding steroid dienone is 1. The van der Waals surface area contributed by atoms with E-state index in [1.54, 1.807) is 0 Å². The predicted molar refractivity (Wildman–Crippen MR) is 111 cm³/mol. The van der Waals surface area contributed by atoms with Crippen molar-refractivity contribution in [3.05, 3.63) is 40.4 Å². The van der Waals surface area contributed by atoms with Crippen LogP contribution in [0.3, 0.4) is 0 Å². The number of hydrogen-bond acceptors (Lipinski definition) is 2. The van der Waals surface area contributed by atoms with Crippen LogP contribution in [-0.4, -0.2) is 21.8 Å². The summed E-state index contributed by atoms with van der Waals surface area (Å²) in [5.41, 5.74) is 1.31. The molecular weight excluding hydrogens is 348 g/mol. The Labute approximate surface area is 155 Å². The summed E-state index contributed by atoms with van der Waals surface area (Å²) in [6.45, 7) is 14.6. The molecule has 1 aromatic carbocycles. The average molecular weight is 383 g/mol. The van der Waals surface area contributed by atoms with Crippen LogP contribution in [-0.2, 0) is 10.1 Å². The molecule has 0 saturated carbocycles. The fourth-order valence-corrected chi connectivity index (χ4v) is 10.4. The zero-order valence-electron chi connectivity index (χ0n) is 16.7. The van der Waals surface area contributed by atoms with Crippen molar-refractivity contribution in [1.82, 2.24) is 0 Å². The van der Waals surface area contributed by atoms with Gasteiger partial charge in [-0.1, -0.05) is 90.9 Å². The van der Waals surface area contributed by atoms with Gasteiger partial charge in [-0.05, 0) is 28.4 Å². The second kappa shape index (κ2) is 8.65. The Bertz CT molecular complexity index is 673. The molecule has 0 spiro atoms. The SMILES string of the molecule is CC(C)C[SiH](CC(C)C)C(=C(c1ccccc1)C(C)(C)C)S(=O)(=O)O. The van der Waals surface area contributed by atoms with Gasteiger partial charge in [-0.25, -0.2) is 0 Å². The maximum absolute atomic E-state index is 12.5. The van der Waals surface area contributed by atoms with E-state index < -0.39 is 18.9 Å². The molecule has 0 amide bonds. The van der Waals surface area contributed by atoms with Gasteiger partial charge in [0.2, 0.25) is 0 Å². The zero-order valence-corrected chi connectivity index (χ0v) is 18.7. The summed E-state index contributed by atoms with van der Waals surface area (Å²) < 4.78 is 35.6. The van der Waals surface area contributed by atoms with Crippen molar-refractivity contribution >= 4 is 24.5 Å². The Balaban J connectivity index is 3.79. The normalized spacial score (nSPS) is 14.4. The lowest BCUT2D eigenvalue weighted by Crippen LogP contribution is -2.30. The standard InChI is InChI=1S/C20H34O3SSi/c1-15(2)13-25(14-16(3)4)19(24(21,22)23)18(20(5,6)7)17-11-9-8-10-12-17/h8-12,15-16,25H,13-14H2,1-7H3,(H,21,22,23). The molecule has 142 valence electrons. The highest BCUT2D eigenvalue weighted by molar-refractivity contribution is 7.92. The molecule has 0 aromatic heterocycles. The van der Waals surface area contributed by atoms with Crippen molar-refractivity contribution in [3.8, 4) is 0 Å². The Kier molecular flexibility index (Phi) is 7.66. The van der Waals surface area contributed by atoms with Gasteiger partial charge in [-0.15, -0.1) is 0 Å². The molecule has 0 unspecified atom stereocenters. The van der Waals surface area contributed by atoms with E-state index in [9.17, 15) is 13.0 Å². The van der Waals surface area contributed by atoms with E-state index in [1.807, 2.05) is 51.1 Å². The molecule has 0 aliphatic heterocycles. The molecule has 3 nitrogen and oxygen atoms in total. The first-order valence-electron chi connectivity index (χ1n) is 9.11. The van der Waals surface area contributed by atoms with Crippen molar-refractivity contribution in [1.29, 1.82) is 0 Å². The Morgan fingerprint density at radius 3 is 1.76 bits per heavy atom. The highest BCUT2D eigenvalue weighted by atomic mass is 32.2. The molecule has 1 aromatic rings. The second-order valence-corrected chi connectivity index (χ2v) is 13.5. The first kappa shape index (κ1) is 22.1. The van der Waals surface area contributed by atoms with Crippen LogP contribution < -0.4 is 0 Å². The first-order chi connectivity index (χ1) is 11.3. The van der Waals surface area contributed by atoms with Crippen LogP contribution in [0.4, 0.5) is 0 Å². The van der Waals surface area contributed by atoms with Crippen molar-refractivity contribution in [3.63, 3.8) is 0 Å². The fraction of sp³-hybridized carbons (Fsp3) is 0.600. The van der Waals surface area contributed by atoms with Gasteiger partial charge in [0, 0.05) is 0 Å². The van der Waals surface area contributed by atoms with Crippen molar-refractivity contribution < 1.29 is 13.0 Å². The molecule has 0 aliphatic carbocycles. The highest BCUT2D eigenvalue weighted by Gasteiger charge is 2.35. The summed E-state index contributed by atoms with van der Waals surface area (Å²) in [4.78, 5) is 0. The van der Waals surface area contributed by atoms with Gasteiger partial charge >= 0.3 is 0 Å². The quantitative estimate of drug-likeness (QED) is 0.507. The summed E-state index contributed by atoms with van der Waals surface area (Å²) in [6, 6.07) is 11.4. The zero-order chi connectivity index (χ0) is 19.4. The minimum atomic E-state index is -4.24. The van der Waals surface area contributed by atoms with Gasteiger partial charge in [0.15, 0.2) is 0 Å². The van der Waals surface area contributed by atoms with E-state index in [4.69, 9.17) is 0 Å². The van der Waals surface area contributed by atoms with E-state index in [1.165, 1.54) is 0 Å². The van der Waals surface area contributed by atoms with Gasteiger partial charge in [0.05, 0.1) is 13.3 Å². The molecule has 1 rings (SSSR count). The van der Waals surface area contributed by atoms with Crippen LogP contribution in [0.2, 0.25) is 12.1 Å². The number of hydrogen-bond donors (Lipinski definition) is 1. The lowest BCUT2D eigenvalue weighted by molar-refractivity contribution is 0.491. The summed E-state index contributed by atoms with van der Waals surface area (Å²) in [5.74, 6) is 0.813. The van der Waals surface area contributed by atoms with Gasteiger partial charge in [0.1, 0.15) is 0 Å². The van der Waals surface area contributed by atoms with Crippen molar-refractivity contribution in [2.45, 2.75) is 60.6 Å². The largest absolute Gasteiger partial charge is 0.286 e.